The average molecular weight is 395 g/mol. The van der Waals surface area contributed by atoms with Gasteiger partial charge in [-0.15, -0.1) is 0 Å². The molecule has 0 fully saturated rings. The van der Waals surface area contributed by atoms with Crippen molar-refractivity contribution in [3.63, 3.8) is 0 Å². The van der Waals surface area contributed by atoms with Crippen LogP contribution in [0.1, 0.15) is 30.4 Å². The van der Waals surface area contributed by atoms with Gasteiger partial charge in [-0.1, -0.05) is 30.3 Å². The lowest BCUT2D eigenvalue weighted by Gasteiger charge is -2.11. The maximum Gasteiger partial charge on any atom is 0.162 e. The molecule has 1 aliphatic rings. The monoisotopic (exact) mass is 394 g/mol. The molecule has 0 saturated heterocycles. The van der Waals surface area contributed by atoms with Crippen LogP contribution in [0.3, 0.4) is 0 Å². The van der Waals surface area contributed by atoms with Crippen molar-refractivity contribution in [1.29, 1.82) is 0 Å². The fraction of sp³-hybridized carbons (Fsp3) is 0.417. The normalized spacial score (nSPS) is 15.7. The number of aryl methyl sites for hydroxylation is 1. The Morgan fingerprint density at radius 1 is 1.03 bits per heavy atom. The molecule has 1 heterocycles. The molecule has 5 heteroatoms. The molecule has 0 bridgehead atoms. The topological polar surface area (TPSA) is 59.9 Å². The Labute approximate surface area is 173 Å². The number of fused-ring (bicyclic) bond motifs is 1. The van der Waals surface area contributed by atoms with E-state index in [2.05, 4.69) is 34.6 Å². The molecular formula is C24H30N2O3. The van der Waals surface area contributed by atoms with Gasteiger partial charge >= 0.3 is 0 Å². The zero-order valence-electron chi connectivity index (χ0n) is 17.3. The molecule has 154 valence electrons. The molecule has 0 aromatic heterocycles. The summed E-state index contributed by atoms with van der Waals surface area (Å²) in [6.07, 6.45) is 6.16. The quantitative estimate of drug-likeness (QED) is 0.615. The second kappa shape index (κ2) is 10.8. The Morgan fingerprint density at radius 3 is 2.52 bits per heavy atom. The lowest BCUT2D eigenvalue weighted by molar-refractivity contribution is -0.120. The van der Waals surface area contributed by atoms with Crippen LogP contribution in [0, 0.1) is 5.92 Å². The maximum absolute atomic E-state index is 12.7. The molecule has 3 rings (SSSR count). The van der Waals surface area contributed by atoms with Gasteiger partial charge in [0.1, 0.15) is 5.78 Å². The molecule has 1 atom stereocenters. The number of carbonyl (C=O) groups is 1. The van der Waals surface area contributed by atoms with Crippen molar-refractivity contribution in [3.05, 3.63) is 53.6 Å². The van der Waals surface area contributed by atoms with Crippen LogP contribution in [0.5, 0.6) is 11.5 Å². The van der Waals surface area contributed by atoms with Gasteiger partial charge in [0.25, 0.3) is 0 Å². The van der Waals surface area contributed by atoms with Crippen molar-refractivity contribution >= 4 is 17.7 Å². The molecule has 0 aliphatic carbocycles. The lowest BCUT2D eigenvalue weighted by atomic mass is 9.95. The Bertz CT molecular complexity index is 834. The van der Waals surface area contributed by atoms with Crippen molar-refractivity contribution in [1.82, 2.24) is 5.32 Å². The first-order valence-corrected chi connectivity index (χ1v) is 10.3. The molecule has 1 aliphatic heterocycles. The van der Waals surface area contributed by atoms with Gasteiger partial charge in [0, 0.05) is 18.7 Å². The van der Waals surface area contributed by atoms with E-state index in [0.29, 0.717) is 17.9 Å². The molecular weight excluding hydrogens is 364 g/mol. The Morgan fingerprint density at radius 2 is 1.76 bits per heavy atom. The van der Waals surface area contributed by atoms with Gasteiger partial charge in [-0.3, -0.25) is 9.79 Å². The number of hydrogen-bond acceptors (Lipinski definition) is 5. The number of rotatable bonds is 10. The van der Waals surface area contributed by atoms with Gasteiger partial charge in [-0.25, -0.2) is 0 Å². The number of ketones is 1. The standard InChI is InChI=1S/C24H30N2O3/c1-28-23-15-20-14-22(27)19(17-26-21(20)16-24(23)29-2)11-7-13-25-12-6-10-18-8-4-3-5-9-18/h3-5,8-9,15-17,19,25H,6-7,10-14H2,1-2H3. The van der Waals surface area contributed by atoms with Crippen LogP contribution in [0.25, 0.3) is 0 Å². The number of nitrogens with zero attached hydrogens (tertiary/aromatic N) is 1. The zero-order chi connectivity index (χ0) is 20.5. The second-order valence-corrected chi connectivity index (χ2v) is 7.35. The molecule has 2 aromatic carbocycles. The summed E-state index contributed by atoms with van der Waals surface area (Å²) in [6.45, 7) is 1.91. The second-order valence-electron chi connectivity index (χ2n) is 7.35. The molecule has 0 radical (unpaired) electrons. The fourth-order valence-corrected chi connectivity index (χ4v) is 3.61. The first-order chi connectivity index (χ1) is 14.2. The lowest BCUT2D eigenvalue weighted by Crippen LogP contribution is -2.21. The summed E-state index contributed by atoms with van der Waals surface area (Å²) in [4.78, 5) is 17.2. The van der Waals surface area contributed by atoms with E-state index in [9.17, 15) is 4.79 Å². The molecule has 29 heavy (non-hydrogen) atoms. The van der Waals surface area contributed by atoms with E-state index in [1.165, 1.54) is 5.56 Å². The van der Waals surface area contributed by atoms with Gasteiger partial charge in [-0.05, 0) is 56.0 Å². The predicted octanol–water partition coefficient (Wildman–Crippen LogP) is 4.15. The van der Waals surface area contributed by atoms with Crippen LogP contribution < -0.4 is 14.8 Å². The third kappa shape index (κ3) is 5.91. The average Bonchev–Trinajstić information content (AvgIpc) is 2.90. The summed E-state index contributed by atoms with van der Waals surface area (Å²) in [7, 11) is 3.20. The summed E-state index contributed by atoms with van der Waals surface area (Å²) in [6, 6.07) is 14.2. The van der Waals surface area contributed by atoms with E-state index >= 15 is 0 Å². The minimum absolute atomic E-state index is 0.134. The van der Waals surface area contributed by atoms with Gasteiger partial charge in [0.2, 0.25) is 0 Å². The fourth-order valence-electron chi connectivity index (χ4n) is 3.61. The van der Waals surface area contributed by atoms with E-state index in [1.54, 1.807) is 20.4 Å². The van der Waals surface area contributed by atoms with Gasteiger partial charge in [-0.2, -0.15) is 0 Å². The number of ether oxygens (including phenoxy) is 2. The van der Waals surface area contributed by atoms with Crippen molar-refractivity contribution in [3.8, 4) is 11.5 Å². The number of Topliss-reactive ketones (excluding diaryl/α,β-unsaturated/α-hetero) is 1. The third-order valence-corrected chi connectivity index (χ3v) is 5.29. The molecule has 5 nitrogen and oxygen atoms in total. The number of benzene rings is 2. The minimum Gasteiger partial charge on any atom is -0.493 e. The highest BCUT2D eigenvalue weighted by molar-refractivity contribution is 5.99. The molecule has 2 aromatic rings. The highest BCUT2D eigenvalue weighted by Crippen LogP contribution is 2.36. The number of nitrogens with one attached hydrogen (secondary N) is 1. The SMILES string of the molecule is COc1cc2c(cc1OC)N=CC(CCCNCCCc1ccccc1)C(=O)C2. The van der Waals surface area contributed by atoms with Gasteiger partial charge in [0.15, 0.2) is 11.5 Å². The van der Waals surface area contributed by atoms with Crippen molar-refractivity contribution in [2.75, 3.05) is 27.3 Å². The Kier molecular flexibility index (Phi) is 7.82. The molecule has 1 N–H and O–H groups in total. The van der Waals surface area contributed by atoms with Crippen LogP contribution in [0.2, 0.25) is 0 Å². The zero-order valence-corrected chi connectivity index (χ0v) is 17.3. The van der Waals surface area contributed by atoms with Crippen LogP contribution in [-0.4, -0.2) is 39.3 Å². The molecule has 0 saturated carbocycles. The predicted molar refractivity (Wildman–Crippen MR) is 117 cm³/mol. The first kappa shape index (κ1) is 21.1. The summed E-state index contributed by atoms with van der Waals surface area (Å²) < 4.78 is 10.7. The Hall–Kier alpha value is -2.66. The number of hydrogen-bond donors (Lipinski definition) is 1. The van der Waals surface area contributed by atoms with Crippen LogP contribution >= 0.6 is 0 Å². The number of aliphatic imine (C=N–C) groups is 1. The Balaban J connectivity index is 1.43. The summed E-state index contributed by atoms with van der Waals surface area (Å²) >= 11 is 0. The smallest absolute Gasteiger partial charge is 0.162 e. The minimum atomic E-state index is -0.134. The number of carbonyl (C=O) groups excluding carboxylic acids is 1. The summed E-state index contributed by atoms with van der Waals surface area (Å²) in [5.74, 6) is 1.34. The summed E-state index contributed by atoms with van der Waals surface area (Å²) in [5.41, 5.74) is 3.06. The summed E-state index contributed by atoms with van der Waals surface area (Å²) in [5, 5.41) is 3.48. The molecule has 0 amide bonds. The van der Waals surface area contributed by atoms with Crippen LogP contribution in [-0.2, 0) is 17.6 Å². The van der Waals surface area contributed by atoms with Gasteiger partial charge < -0.3 is 14.8 Å². The van der Waals surface area contributed by atoms with Crippen molar-refractivity contribution in [2.45, 2.75) is 32.1 Å². The van der Waals surface area contributed by atoms with Crippen LogP contribution in [0.4, 0.5) is 5.69 Å². The van der Waals surface area contributed by atoms with Crippen molar-refractivity contribution in [2.24, 2.45) is 10.9 Å². The number of methoxy groups -OCH3 is 2. The van der Waals surface area contributed by atoms with Gasteiger partial charge in [0.05, 0.1) is 25.8 Å². The van der Waals surface area contributed by atoms with Crippen molar-refractivity contribution < 1.29 is 14.3 Å². The molecule has 0 spiro atoms. The third-order valence-electron chi connectivity index (χ3n) is 5.29. The van der Waals surface area contributed by atoms with E-state index < -0.39 is 0 Å². The van der Waals surface area contributed by atoms with E-state index in [-0.39, 0.29) is 11.7 Å². The highest BCUT2D eigenvalue weighted by Gasteiger charge is 2.22. The van der Waals surface area contributed by atoms with E-state index in [1.807, 2.05) is 18.2 Å². The molecule has 1 unspecified atom stereocenters. The van der Waals surface area contributed by atoms with Crippen LogP contribution in [0.15, 0.2) is 47.5 Å². The largest absolute Gasteiger partial charge is 0.493 e. The van der Waals surface area contributed by atoms with E-state index in [4.69, 9.17) is 9.47 Å². The maximum atomic E-state index is 12.7. The first-order valence-electron chi connectivity index (χ1n) is 10.3. The highest BCUT2D eigenvalue weighted by atomic mass is 16.5. The van der Waals surface area contributed by atoms with E-state index in [0.717, 1.165) is 50.0 Å².